The molecule has 2 aromatic rings. The number of H-pyrrole nitrogens is 1. The highest BCUT2D eigenvalue weighted by Crippen LogP contribution is 2.09. The van der Waals surface area contributed by atoms with Crippen molar-refractivity contribution in [2.45, 2.75) is 64.5 Å². The number of fused-ring (bicyclic) bond motifs is 1. The number of nitrogens with zero attached hydrogens (tertiary/aromatic N) is 1. The van der Waals surface area contributed by atoms with Crippen molar-refractivity contribution in [3.63, 3.8) is 0 Å². The van der Waals surface area contributed by atoms with Crippen LogP contribution in [0.2, 0.25) is 0 Å². The third-order valence-electron chi connectivity index (χ3n) is 4.66. The van der Waals surface area contributed by atoms with Crippen LogP contribution in [0, 0.1) is 0 Å². The molecule has 1 heterocycles. The molecular formula is C23H32N4O6. The Balaban J connectivity index is 1.81. The molecule has 3 N–H and O–H groups in total. The molecule has 0 radical (unpaired) electrons. The van der Waals surface area contributed by atoms with E-state index in [0.717, 1.165) is 0 Å². The van der Waals surface area contributed by atoms with Crippen LogP contribution in [0.1, 0.15) is 52.3 Å². The molecule has 0 aliphatic rings. The van der Waals surface area contributed by atoms with Crippen LogP contribution >= 0.6 is 0 Å². The lowest BCUT2D eigenvalue weighted by Crippen LogP contribution is -2.41. The minimum atomic E-state index is -0.798. The van der Waals surface area contributed by atoms with Gasteiger partial charge in [0, 0.05) is 19.4 Å². The largest absolute Gasteiger partial charge is 0.467 e. The van der Waals surface area contributed by atoms with E-state index in [0.29, 0.717) is 42.5 Å². The van der Waals surface area contributed by atoms with E-state index in [1.54, 1.807) is 45.0 Å². The highest BCUT2D eigenvalue weighted by Gasteiger charge is 2.21. The number of nitrogens with one attached hydrogen (secondary N) is 3. The number of amides is 2. The normalized spacial score (nSPS) is 12.1. The maximum Gasteiger partial charge on any atom is 0.407 e. The number of carbonyl (C=O) groups excluding carboxylic acids is 3. The number of alkyl carbamates (subject to hydrolysis) is 1. The Morgan fingerprint density at radius 3 is 2.58 bits per heavy atom. The number of esters is 1. The van der Waals surface area contributed by atoms with Gasteiger partial charge in [-0.25, -0.2) is 14.6 Å². The summed E-state index contributed by atoms with van der Waals surface area (Å²) in [6.45, 7) is 5.73. The number of carbonyl (C=O) groups is 3. The monoisotopic (exact) mass is 460 g/mol. The molecule has 33 heavy (non-hydrogen) atoms. The quantitative estimate of drug-likeness (QED) is 0.365. The first kappa shape index (κ1) is 25.8. The summed E-state index contributed by atoms with van der Waals surface area (Å²) in [5, 5.41) is 5.81. The highest BCUT2D eigenvalue weighted by molar-refractivity contribution is 5.84. The Hall–Kier alpha value is -3.43. The second-order valence-corrected chi connectivity index (χ2v) is 8.60. The van der Waals surface area contributed by atoms with E-state index >= 15 is 0 Å². The number of methoxy groups -OCH3 is 1. The van der Waals surface area contributed by atoms with Gasteiger partial charge in [0.15, 0.2) is 0 Å². The summed E-state index contributed by atoms with van der Waals surface area (Å²) in [5.74, 6) is -0.495. The maximum atomic E-state index is 12.4. The number of aryl methyl sites for hydroxylation is 1. The van der Waals surface area contributed by atoms with Crippen LogP contribution in [0.15, 0.2) is 29.1 Å². The van der Waals surface area contributed by atoms with Gasteiger partial charge >= 0.3 is 12.1 Å². The molecule has 10 nitrogen and oxygen atoms in total. The zero-order valence-corrected chi connectivity index (χ0v) is 19.5. The van der Waals surface area contributed by atoms with Gasteiger partial charge in [-0.15, -0.1) is 0 Å². The number of ether oxygens (including phenoxy) is 2. The lowest BCUT2D eigenvalue weighted by Gasteiger charge is -2.20. The minimum Gasteiger partial charge on any atom is -0.467 e. The summed E-state index contributed by atoms with van der Waals surface area (Å²) in [5.41, 5.74) is -0.271. The van der Waals surface area contributed by atoms with Crippen molar-refractivity contribution < 1.29 is 23.9 Å². The molecule has 180 valence electrons. The number of rotatable bonds is 10. The third kappa shape index (κ3) is 8.91. The van der Waals surface area contributed by atoms with Crippen LogP contribution < -0.4 is 16.2 Å². The van der Waals surface area contributed by atoms with E-state index in [1.807, 2.05) is 0 Å². The topological polar surface area (TPSA) is 139 Å². The zero-order chi connectivity index (χ0) is 24.4. The summed E-state index contributed by atoms with van der Waals surface area (Å²) in [4.78, 5) is 55.3. The average Bonchev–Trinajstić information content (AvgIpc) is 2.75. The Kier molecular flexibility index (Phi) is 9.38. The van der Waals surface area contributed by atoms with Gasteiger partial charge in [-0.1, -0.05) is 12.1 Å². The molecule has 0 saturated carbocycles. The number of aromatic nitrogens is 2. The zero-order valence-electron chi connectivity index (χ0n) is 19.5. The van der Waals surface area contributed by atoms with Crippen molar-refractivity contribution in [1.82, 2.24) is 20.6 Å². The molecule has 2 amide bonds. The Morgan fingerprint density at radius 2 is 1.88 bits per heavy atom. The van der Waals surface area contributed by atoms with Gasteiger partial charge in [0.1, 0.15) is 17.5 Å². The van der Waals surface area contributed by atoms with Gasteiger partial charge in [-0.05, 0) is 52.2 Å². The van der Waals surface area contributed by atoms with Gasteiger partial charge in [0.25, 0.3) is 5.56 Å². The van der Waals surface area contributed by atoms with E-state index in [1.165, 1.54) is 7.11 Å². The number of unbranched alkanes of at least 4 members (excludes halogenated alkanes) is 1. The lowest BCUT2D eigenvalue weighted by molar-refractivity contribution is -0.145. The van der Waals surface area contributed by atoms with Gasteiger partial charge in [-0.3, -0.25) is 9.59 Å². The Labute approximate surface area is 192 Å². The first-order valence-electron chi connectivity index (χ1n) is 10.9. The molecule has 0 unspecified atom stereocenters. The molecule has 0 fully saturated rings. The fourth-order valence-corrected chi connectivity index (χ4v) is 3.12. The molecule has 2 rings (SSSR count). The molecular weight excluding hydrogens is 428 g/mol. The van der Waals surface area contributed by atoms with Crippen LogP contribution in [-0.4, -0.2) is 53.2 Å². The van der Waals surface area contributed by atoms with Crippen LogP contribution in [0.25, 0.3) is 10.9 Å². The van der Waals surface area contributed by atoms with E-state index < -0.39 is 23.7 Å². The average molecular weight is 461 g/mol. The van der Waals surface area contributed by atoms with Gasteiger partial charge < -0.3 is 25.1 Å². The predicted molar refractivity (Wildman–Crippen MR) is 123 cm³/mol. The van der Waals surface area contributed by atoms with E-state index in [-0.39, 0.29) is 24.3 Å². The second-order valence-electron chi connectivity index (χ2n) is 8.60. The number of hydrogen-bond donors (Lipinski definition) is 3. The smallest absolute Gasteiger partial charge is 0.407 e. The summed E-state index contributed by atoms with van der Waals surface area (Å²) < 4.78 is 9.95. The highest BCUT2D eigenvalue weighted by atomic mass is 16.6. The summed E-state index contributed by atoms with van der Waals surface area (Å²) in [6.07, 6.45) is 1.31. The van der Waals surface area contributed by atoms with Crippen molar-refractivity contribution >= 4 is 28.9 Å². The fourth-order valence-electron chi connectivity index (χ4n) is 3.12. The molecule has 0 spiro atoms. The first-order valence-corrected chi connectivity index (χ1v) is 10.9. The molecule has 1 aromatic carbocycles. The van der Waals surface area contributed by atoms with Crippen molar-refractivity contribution in [2.75, 3.05) is 13.7 Å². The van der Waals surface area contributed by atoms with Crippen LogP contribution in [-0.2, 0) is 25.5 Å². The number of aromatic amines is 1. The standard InChI is InChI=1S/C23H32N4O6/c1-23(2,3)33-22(31)24-14-8-7-11-17(21(30)32-4)26-19(28)13-12-18-25-16-10-6-5-9-15(16)20(29)27-18/h5-6,9-10,17H,7-8,11-14H2,1-4H3,(H,24,31)(H,26,28)(H,25,27,29)/t17-/m0/s1. The molecule has 0 saturated heterocycles. The minimum absolute atomic E-state index is 0.0506. The number of hydrogen-bond acceptors (Lipinski definition) is 7. The molecule has 0 aliphatic heterocycles. The third-order valence-corrected chi connectivity index (χ3v) is 4.66. The molecule has 1 aromatic heterocycles. The van der Waals surface area contributed by atoms with E-state index in [9.17, 15) is 19.2 Å². The van der Waals surface area contributed by atoms with Crippen LogP contribution in [0.5, 0.6) is 0 Å². The van der Waals surface area contributed by atoms with Gasteiger partial charge in [0.05, 0.1) is 18.0 Å². The molecule has 1 atom stereocenters. The summed E-state index contributed by atoms with van der Waals surface area (Å²) >= 11 is 0. The van der Waals surface area contributed by atoms with Gasteiger partial charge in [0.2, 0.25) is 5.91 Å². The van der Waals surface area contributed by atoms with Crippen LogP contribution in [0.3, 0.4) is 0 Å². The number of benzene rings is 1. The SMILES string of the molecule is COC(=O)[C@H](CCCCNC(=O)OC(C)(C)C)NC(=O)CCc1nc2ccccc2c(=O)[nH]1. The maximum absolute atomic E-state index is 12.4. The van der Waals surface area contributed by atoms with E-state index in [4.69, 9.17) is 9.47 Å². The Morgan fingerprint density at radius 1 is 1.15 bits per heavy atom. The lowest BCUT2D eigenvalue weighted by atomic mass is 10.1. The van der Waals surface area contributed by atoms with E-state index in [2.05, 4.69) is 20.6 Å². The van der Waals surface area contributed by atoms with Crippen molar-refractivity contribution in [3.8, 4) is 0 Å². The number of para-hydroxylation sites is 1. The van der Waals surface area contributed by atoms with Crippen molar-refractivity contribution in [2.24, 2.45) is 0 Å². The van der Waals surface area contributed by atoms with Crippen LogP contribution in [0.4, 0.5) is 4.79 Å². The van der Waals surface area contributed by atoms with Gasteiger partial charge in [-0.2, -0.15) is 0 Å². The molecule has 0 bridgehead atoms. The second kappa shape index (κ2) is 12.0. The summed E-state index contributed by atoms with van der Waals surface area (Å²) in [7, 11) is 1.26. The predicted octanol–water partition coefficient (Wildman–Crippen LogP) is 2.21. The fraction of sp³-hybridized carbons (Fsp3) is 0.522. The molecule has 0 aliphatic carbocycles. The molecule has 10 heteroatoms. The summed E-state index contributed by atoms with van der Waals surface area (Å²) in [6, 6.07) is 6.16. The Bertz CT molecular complexity index is 1030. The first-order chi connectivity index (χ1) is 15.6. The van der Waals surface area contributed by atoms with Crippen molar-refractivity contribution in [3.05, 3.63) is 40.4 Å². The van der Waals surface area contributed by atoms with Crippen molar-refractivity contribution in [1.29, 1.82) is 0 Å².